The van der Waals surface area contributed by atoms with Crippen molar-refractivity contribution in [3.05, 3.63) is 70.2 Å². The van der Waals surface area contributed by atoms with Gasteiger partial charge in [-0.05, 0) is 40.3 Å². The van der Waals surface area contributed by atoms with E-state index < -0.39 is 0 Å². The molecule has 0 amide bonds. The molecule has 0 aliphatic heterocycles. The first kappa shape index (κ1) is 13.4. The topological polar surface area (TPSA) is 26.0 Å². The highest BCUT2D eigenvalue weighted by Gasteiger charge is 2.10. The van der Waals surface area contributed by atoms with Gasteiger partial charge in [0.25, 0.3) is 0 Å². The molecule has 0 spiro atoms. The number of nitrogens with two attached hydrogens (primary N) is 1. The first-order valence-corrected chi connectivity index (χ1v) is 7.12. The smallest absolute Gasteiger partial charge is 0.0484 e. The molecule has 1 nitrogen and oxygen atoms in total. The minimum Gasteiger partial charge on any atom is -0.326 e. The lowest BCUT2D eigenvalue weighted by molar-refractivity contribution is 1.07. The van der Waals surface area contributed by atoms with E-state index in [2.05, 4.69) is 6.07 Å². The highest BCUT2D eigenvalue weighted by Crippen LogP contribution is 2.35. The maximum Gasteiger partial charge on any atom is 0.0484 e. The zero-order chi connectivity index (χ0) is 14.1. The zero-order valence-corrected chi connectivity index (χ0v) is 12.2. The van der Waals surface area contributed by atoms with Gasteiger partial charge in [-0.3, -0.25) is 0 Å². The summed E-state index contributed by atoms with van der Waals surface area (Å²) in [4.78, 5) is 0. The molecule has 0 atom stereocenters. The average Bonchev–Trinajstić information content (AvgIpc) is 2.48. The zero-order valence-electron chi connectivity index (χ0n) is 10.7. The van der Waals surface area contributed by atoms with E-state index in [1.54, 1.807) is 0 Å². The Hall–Kier alpha value is -1.54. The van der Waals surface area contributed by atoms with Crippen molar-refractivity contribution in [2.24, 2.45) is 5.73 Å². The van der Waals surface area contributed by atoms with E-state index in [0.717, 1.165) is 32.5 Å². The molecule has 3 aromatic rings. The van der Waals surface area contributed by atoms with E-state index in [1.807, 2.05) is 48.5 Å². The van der Waals surface area contributed by atoms with Gasteiger partial charge < -0.3 is 5.73 Å². The van der Waals surface area contributed by atoms with Gasteiger partial charge in [-0.1, -0.05) is 59.6 Å². The van der Waals surface area contributed by atoms with E-state index in [4.69, 9.17) is 28.9 Å². The van der Waals surface area contributed by atoms with Crippen LogP contribution in [0.4, 0.5) is 0 Å². The molecule has 100 valence electrons. The quantitative estimate of drug-likeness (QED) is 0.685. The number of hydrogen-bond donors (Lipinski definition) is 1. The lowest BCUT2D eigenvalue weighted by Crippen LogP contribution is -1.99. The molecule has 0 aromatic heterocycles. The van der Waals surface area contributed by atoms with Gasteiger partial charge >= 0.3 is 0 Å². The molecule has 0 radical (unpaired) electrons. The van der Waals surface area contributed by atoms with Gasteiger partial charge in [0.15, 0.2) is 0 Å². The third kappa shape index (κ3) is 2.29. The van der Waals surface area contributed by atoms with Crippen LogP contribution in [0.3, 0.4) is 0 Å². The highest BCUT2D eigenvalue weighted by molar-refractivity contribution is 6.36. The van der Waals surface area contributed by atoms with Crippen molar-refractivity contribution >= 4 is 34.0 Å². The molecule has 0 unspecified atom stereocenters. The van der Waals surface area contributed by atoms with Crippen molar-refractivity contribution < 1.29 is 0 Å². The predicted octanol–water partition coefficient (Wildman–Crippen LogP) is 5.27. The standard InChI is InChI=1S/C17H13Cl2N/c18-12-5-6-13(11(9-12)10-20)15-7-8-17(19)16-4-2-1-3-14(15)16/h1-9H,10,20H2. The number of halogens is 2. The molecule has 20 heavy (non-hydrogen) atoms. The van der Waals surface area contributed by atoms with Gasteiger partial charge in [-0.2, -0.15) is 0 Å². The molecule has 0 saturated carbocycles. The van der Waals surface area contributed by atoms with Crippen LogP contribution >= 0.6 is 23.2 Å². The van der Waals surface area contributed by atoms with E-state index in [-0.39, 0.29) is 0 Å². The fourth-order valence-corrected chi connectivity index (χ4v) is 2.91. The Morgan fingerprint density at radius 2 is 1.50 bits per heavy atom. The number of fused-ring (bicyclic) bond motifs is 1. The van der Waals surface area contributed by atoms with Gasteiger partial charge in [0, 0.05) is 22.0 Å². The van der Waals surface area contributed by atoms with Crippen molar-refractivity contribution in [2.45, 2.75) is 6.54 Å². The van der Waals surface area contributed by atoms with Crippen LogP contribution in [0, 0.1) is 0 Å². The summed E-state index contributed by atoms with van der Waals surface area (Å²) in [7, 11) is 0. The van der Waals surface area contributed by atoms with Crippen LogP contribution in [0.2, 0.25) is 10.0 Å². The summed E-state index contributed by atoms with van der Waals surface area (Å²) in [6.07, 6.45) is 0. The highest BCUT2D eigenvalue weighted by atomic mass is 35.5. The van der Waals surface area contributed by atoms with Crippen LogP contribution in [0.15, 0.2) is 54.6 Å². The second-order valence-electron chi connectivity index (χ2n) is 4.65. The van der Waals surface area contributed by atoms with Crippen LogP contribution in [0.25, 0.3) is 21.9 Å². The summed E-state index contributed by atoms with van der Waals surface area (Å²) in [5.74, 6) is 0. The number of benzene rings is 3. The molecular formula is C17H13Cl2N. The summed E-state index contributed by atoms with van der Waals surface area (Å²) < 4.78 is 0. The molecular weight excluding hydrogens is 289 g/mol. The molecule has 2 N–H and O–H groups in total. The molecule has 0 bridgehead atoms. The second-order valence-corrected chi connectivity index (χ2v) is 5.49. The number of rotatable bonds is 2. The van der Waals surface area contributed by atoms with Crippen LogP contribution in [0.5, 0.6) is 0 Å². The van der Waals surface area contributed by atoms with Gasteiger partial charge in [0.05, 0.1) is 0 Å². The Bertz CT molecular complexity index is 781. The fraction of sp³-hybridized carbons (Fsp3) is 0.0588. The average molecular weight is 302 g/mol. The Morgan fingerprint density at radius 1 is 0.800 bits per heavy atom. The van der Waals surface area contributed by atoms with Gasteiger partial charge in [0.1, 0.15) is 0 Å². The minimum atomic E-state index is 0.451. The third-order valence-corrected chi connectivity index (χ3v) is 4.01. The fourth-order valence-electron chi connectivity index (χ4n) is 2.49. The predicted molar refractivity (Wildman–Crippen MR) is 87.3 cm³/mol. The van der Waals surface area contributed by atoms with Crippen molar-refractivity contribution in [2.75, 3.05) is 0 Å². The first-order valence-electron chi connectivity index (χ1n) is 6.37. The third-order valence-electron chi connectivity index (χ3n) is 3.45. The van der Waals surface area contributed by atoms with Gasteiger partial charge in [-0.15, -0.1) is 0 Å². The summed E-state index contributed by atoms with van der Waals surface area (Å²) in [6.45, 7) is 0.451. The Balaban J connectivity index is 2.33. The molecule has 0 saturated heterocycles. The van der Waals surface area contributed by atoms with Crippen molar-refractivity contribution in [1.29, 1.82) is 0 Å². The van der Waals surface area contributed by atoms with Crippen molar-refractivity contribution in [3.63, 3.8) is 0 Å². The molecule has 0 fully saturated rings. The molecule has 0 aliphatic rings. The Labute approximate surface area is 127 Å². The second kappa shape index (κ2) is 5.45. The summed E-state index contributed by atoms with van der Waals surface area (Å²) in [5.41, 5.74) is 9.11. The molecule has 0 heterocycles. The summed E-state index contributed by atoms with van der Waals surface area (Å²) in [6, 6.07) is 17.9. The van der Waals surface area contributed by atoms with Crippen LogP contribution in [-0.4, -0.2) is 0 Å². The molecule has 0 aliphatic carbocycles. The SMILES string of the molecule is NCc1cc(Cl)ccc1-c1ccc(Cl)c2ccccc12. The lowest BCUT2D eigenvalue weighted by atomic mass is 9.94. The van der Waals surface area contributed by atoms with E-state index in [1.165, 1.54) is 0 Å². The minimum absolute atomic E-state index is 0.451. The maximum absolute atomic E-state index is 6.27. The van der Waals surface area contributed by atoms with Crippen LogP contribution in [-0.2, 0) is 6.54 Å². The molecule has 3 aromatic carbocycles. The van der Waals surface area contributed by atoms with E-state index >= 15 is 0 Å². The Kier molecular flexibility index (Phi) is 3.66. The normalized spacial score (nSPS) is 10.9. The largest absolute Gasteiger partial charge is 0.326 e. The molecule has 3 heteroatoms. The van der Waals surface area contributed by atoms with Crippen LogP contribution < -0.4 is 5.73 Å². The molecule has 3 rings (SSSR count). The first-order chi connectivity index (χ1) is 9.70. The summed E-state index contributed by atoms with van der Waals surface area (Å²) >= 11 is 12.3. The Morgan fingerprint density at radius 3 is 2.25 bits per heavy atom. The van der Waals surface area contributed by atoms with E-state index in [0.29, 0.717) is 11.6 Å². The maximum atomic E-state index is 6.27. The van der Waals surface area contributed by atoms with Gasteiger partial charge in [-0.25, -0.2) is 0 Å². The van der Waals surface area contributed by atoms with Crippen LogP contribution in [0.1, 0.15) is 5.56 Å². The number of hydrogen-bond acceptors (Lipinski definition) is 1. The van der Waals surface area contributed by atoms with E-state index in [9.17, 15) is 0 Å². The monoisotopic (exact) mass is 301 g/mol. The van der Waals surface area contributed by atoms with Crippen molar-refractivity contribution in [1.82, 2.24) is 0 Å². The summed E-state index contributed by atoms with van der Waals surface area (Å²) in [5, 5.41) is 3.63. The lowest BCUT2D eigenvalue weighted by Gasteiger charge is -2.12. The van der Waals surface area contributed by atoms with Crippen molar-refractivity contribution in [3.8, 4) is 11.1 Å². The van der Waals surface area contributed by atoms with Gasteiger partial charge in [0.2, 0.25) is 0 Å².